The molecule has 0 aromatic heterocycles. The number of methoxy groups -OCH3 is 5. The monoisotopic (exact) mass is 510 g/mol. The van der Waals surface area contributed by atoms with E-state index in [-0.39, 0.29) is 24.1 Å². The van der Waals surface area contributed by atoms with Crippen molar-refractivity contribution in [3.8, 4) is 28.7 Å². The minimum Gasteiger partial charge on any atom is -0.501 e. The second-order valence-corrected chi connectivity index (χ2v) is 7.87. The molecule has 9 nitrogen and oxygen atoms in total. The van der Waals surface area contributed by atoms with Gasteiger partial charge in [0, 0.05) is 17.9 Å². The van der Waals surface area contributed by atoms with Crippen LogP contribution in [0.1, 0.15) is 22.3 Å². The van der Waals surface area contributed by atoms with Crippen molar-refractivity contribution in [1.82, 2.24) is 0 Å². The molecule has 37 heavy (non-hydrogen) atoms. The van der Waals surface area contributed by atoms with Crippen molar-refractivity contribution in [2.45, 2.75) is 6.42 Å². The lowest BCUT2D eigenvalue weighted by atomic mass is 10.0. The molecule has 0 saturated carbocycles. The van der Waals surface area contributed by atoms with Crippen molar-refractivity contribution >= 4 is 18.0 Å². The van der Waals surface area contributed by atoms with E-state index in [1.807, 2.05) is 18.2 Å². The van der Waals surface area contributed by atoms with Gasteiger partial charge in [0.1, 0.15) is 6.61 Å². The van der Waals surface area contributed by atoms with Crippen molar-refractivity contribution < 1.29 is 42.7 Å². The highest BCUT2D eigenvalue weighted by molar-refractivity contribution is 6.07. The first-order chi connectivity index (χ1) is 17.9. The maximum absolute atomic E-state index is 12.8. The van der Waals surface area contributed by atoms with Crippen molar-refractivity contribution in [1.29, 1.82) is 0 Å². The van der Waals surface area contributed by atoms with E-state index in [0.717, 1.165) is 5.76 Å². The number of carbonyl (C=O) groups is 2. The first-order valence-corrected chi connectivity index (χ1v) is 11.4. The zero-order valence-corrected chi connectivity index (χ0v) is 21.4. The van der Waals surface area contributed by atoms with Gasteiger partial charge in [-0.05, 0) is 42.0 Å². The molecule has 2 aromatic rings. The van der Waals surface area contributed by atoms with E-state index in [2.05, 4.69) is 0 Å². The number of hydrogen-bond donors (Lipinski definition) is 0. The molecule has 196 valence electrons. The average Bonchev–Trinajstić information content (AvgIpc) is 2.94. The average molecular weight is 511 g/mol. The van der Waals surface area contributed by atoms with Crippen LogP contribution in [0.2, 0.25) is 0 Å². The maximum Gasteiger partial charge on any atom is 0.513 e. The summed E-state index contributed by atoms with van der Waals surface area (Å²) in [6.07, 6.45) is 8.41. The van der Waals surface area contributed by atoms with Gasteiger partial charge in [-0.1, -0.05) is 24.3 Å². The molecule has 0 heterocycles. The summed E-state index contributed by atoms with van der Waals surface area (Å²) in [6.45, 7) is 0.140. The standard InChI is InChI=1S/C28H30O9/c1-31-21-8-6-7-19(13-21)17-36-28(30)37-24-14-18(10-12-23(24)32-2)9-11-22(29)20-15-25(33-3)27(35-5)26(16-20)34-4/h6-12,14-16,19H,13,17H2,1-5H3. The molecule has 1 aliphatic rings. The quantitative estimate of drug-likeness (QED) is 0.174. The molecule has 0 bridgehead atoms. The Hall–Kier alpha value is -4.40. The number of carbonyl (C=O) groups excluding carboxylic acids is 2. The summed E-state index contributed by atoms with van der Waals surface area (Å²) in [5.41, 5.74) is 0.956. The molecule has 3 rings (SSSR count). The Bertz CT molecular complexity index is 1190. The summed E-state index contributed by atoms with van der Waals surface area (Å²) in [6, 6.07) is 8.07. The Labute approximate surface area is 215 Å². The van der Waals surface area contributed by atoms with Gasteiger partial charge in [-0.2, -0.15) is 0 Å². The Balaban J connectivity index is 1.70. The molecule has 9 heteroatoms. The summed E-state index contributed by atoms with van der Waals surface area (Å²) in [5, 5.41) is 0. The van der Waals surface area contributed by atoms with E-state index < -0.39 is 6.16 Å². The van der Waals surface area contributed by atoms with Crippen LogP contribution in [-0.4, -0.2) is 54.1 Å². The van der Waals surface area contributed by atoms with E-state index in [4.69, 9.17) is 33.2 Å². The second-order valence-electron chi connectivity index (χ2n) is 7.87. The molecule has 0 fully saturated rings. The minimum absolute atomic E-state index is 0.00937. The highest BCUT2D eigenvalue weighted by Crippen LogP contribution is 2.38. The highest BCUT2D eigenvalue weighted by Gasteiger charge is 2.18. The Morgan fingerprint density at radius 1 is 0.865 bits per heavy atom. The Kier molecular flexibility index (Phi) is 9.60. The van der Waals surface area contributed by atoms with Gasteiger partial charge in [0.25, 0.3) is 0 Å². The van der Waals surface area contributed by atoms with Gasteiger partial charge in [-0.25, -0.2) is 4.79 Å². The lowest BCUT2D eigenvalue weighted by Crippen LogP contribution is -2.18. The van der Waals surface area contributed by atoms with Crippen LogP contribution in [0.15, 0.2) is 60.4 Å². The molecule has 1 atom stereocenters. The van der Waals surface area contributed by atoms with Crippen LogP contribution in [0, 0.1) is 5.92 Å². The molecule has 0 aliphatic heterocycles. The zero-order valence-electron chi connectivity index (χ0n) is 21.4. The number of ketones is 1. The summed E-state index contributed by atoms with van der Waals surface area (Å²) in [7, 11) is 7.50. The Morgan fingerprint density at radius 3 is 2.19 bits per heavy atom. The molecule has 1 aliphatic carbocycles. The molecule has 0 radical (unpaired) electrons. The van der Waals surface area contributed by atoms with Gasteiger partial charge in [-0.3, -0.25) is 4.79 Å². The fourth-order valence-electron chi connectivity index (χ4n) is 3.64. The van der Waals surface area contributed by atoms with Crippen LogP contribution in [0.4, 0.5) is 4.79 Å². The number of allylic oxidation sites excluding steroid dienone is 4. The molecule has 0 saturated heterocycles. The Morgan fingerprint density at radius 2 is 1.57 bits per heavy atom. The van der Waals surface area contributed by atoms with E-state index >= 15 is 0 Å². The summed E-state index contributed by atoms with van der Waals surface area (Å²) < 4.78 is 37.1. The van der Waals surface area contributed by atoms with E-state index in [0.29, 0.717) is 40.5 Å². The molecular formula is C28H30O9. The predicted molar refractivity (Wildman–Crippen MR) is 137 cm³/mol. The van der Waals surface area contributed by atoms with E-state index in [9.17, 15) is 9.59 Å². The van der Waals surface area contributed by atoms with Crippen LogP contribution >= 0.6 is 0 Å². The molecule has 0 spiro atoms. The third-order valence-electron chi connectivity index (χ3n) is 5.56. The second kappa shape index (κ2) is 13.1. The van der Waals surface area contributed by atoms with Crippen LogP contribution in [0.3, 0.4) is 0 Å². The third kappa shape index (κ3) is 7.07. The normalized spacial score (nSPS) is 14.5. The van der Waals surface area contributed by atoms with Crippen molar-refractivity contribution in [2.75, 3.05) is 42.2 Å². The van der Waals surface area contributed by atoms with Gasteiger partial charge in [0.2, 0.25) is 5.75 Å². The summed E-state index contributed by atoms with van der Waals surface area (Å²) >= 11 is 0. The SMILES string of the molecule is COC1=CC=CC(COC(=O)Oc2cc(C=CC(=O)c3cc(OC)c(OC)c(OC)c3)ccc2OC)C1. The first kappa shape index (κ1) is 27.2. The van der Waals surface area contributed by atoms with Crippen LogP contribution in [0.25, 0.3) is 6.08 Å². The van der Waals surface area contributed by atoms with Gasteiger partial charge in [0.05, 0.1) is 41.3 Å². The molecule has 0 amide bonds. The van der Waals surface area contributed by atoms with Gasteiger partial charge < -0.3 is 33.2 Å². The van der Waals surface area contributed by atoms with Crippen LogP contribution < -0.4 is 23.7 Å². The number of hydrogen-bond acceptors (Lipinski definition) is 9. The largest absolute Gasteiger partial charge is 0.513 e. The van der Waals surface area contributed by atoms with Gasteiger partial charge in [0.15, 0.2) is 28.8 Å². The first-order valence-electron chi connectivity index (χ1n) is 11.4. The number of ether oxygens (including phenoxy) is 7. The maximum atomic E-state index is 12.8. The zero-order chi connectivity index (χ0) is 26.8. The third-order valence-corrected chi connectivity index (χ3v) is 5.56. The van der Waals surface area contributed by atoms with E-state index in [1.54, 1.807) is 43.5 Å². The lowest BCUT2D eigenvalue weighted by Gasteiger charge is -2.17. The fraction of sp³-hybridized carbons (Fsp3) is 0.286. The van der Waals surface area contributed by atoms with Crippen LogP contribution in [-0.2, 0) is 9.47 Å². The number of rotatable bonds is 11. The minimum atomic E-state index is -0.866. The number of benzene rings is 2. The summed E-state index contributed by atoms with van der Waals surface area (Å²) in [4.78, 5) is 25.2. The van der Waals surface area contributed by atoms with Gasteiger partial charge in [-0.15, -0.1) is 0 Å². The fourth-order valence-corrected chi connectivity index (χ4v) is 3.64. The van der Waals surface area contributed by atoms with E-state index in [1.165, 1.54) is 34.5 Å². The smallest absolute Gasteiger partial charge is 0.501 e. The van der Waals surface area contributed by atoms with Crippen LogP contribution in [0.5, 0.6) is 28.7 Å². The topological polar surface area (TPSA) is 98.8 Å². The van der Waals surface area contributed by atoms with Crippen molar-refractivity contribution in [3.63, 3.8) is 0 Å². The summed E-state index contributed by atoms with van der Waals surface area (Å²) in [5.74, 6) is 2.15. The lowest BCUT2D eigenvalue weighted by molar-refractivity contribution is 0.0862. The van der Waals surface area contributed by atoms with Crippen molar-refractivity contribution in [3.05, 3.63) is 71.5 Å². The predicted octanol–water partition coefficient (Wildman–Crippen LogP) is 5.24. The molecular weight excluding hydrogens is 480 g/mol. The molecule has 1 unspecified atom stereocenters. The molecule has 2 aromatic carbocycles. The highest BCUT2D eigenvalue weighted by atomic mass is 16.7. The molecule has 0 N–H and O–H groups in total. The van der Waals surface area contributed by atoms with Crippen molar-refractivity contribution in [2.24, 2.45) is 5.92 Å². The van der Waals surface area contributed by atoms with Gasteiger partial charge >= 0.3 is 6.16 Å².